The largest absolute Gasteiger partial charge is 0.462 e. The molecule has 1 aliphatic rings. The Morgan fingerprint density at radius 1 is 1.00 bits per heavy atom. The lowest BCUT2D eigenvalue weighted by Crippen LogP contribution is -2.28. The second-order valence-corrected chi connectivity index (χ2v) is 11.5. The van der Waals surface area contributed by atoms with E-state index in [4.69, 9.17) is 21.1 Å². The van der Waals surface area contributed by atoms with Crippen molar-refractivity contribution in [3.63, 3.8) is 0 Å². The first kappa shape index (κ1) is 27.8. The maximum atomic E-state index is 12.8. The monoisotopic (exact) mass is 576 g/mol. The van der Waals surface area contributed by atoms with E-state index in [1.54, 1.807) is 36.6 Å². The van der Waals surface area contributed by atoms with Crippen LogP contribution in [0.2, 0.25) is 5.02 Å². The minimum atomic E-state index is -3.71. The fraction of sp³-hybridized carbons (Fsp3) is 0.269. The van der Waals surface area contributed by atoms with E-state index in [-0.39, 0.29) is 27.6 Å². The summed E-state index contributed by atoms with van der Waals surface area (Å²) in [7, 11) is -3.71. The zero-order valence-corrected chi connectivity index (χ0v) is 22.8. The van der Waals surface area contributed by atoms with Crippen LogP contribution in [0.15, 0.2) is 58.8 Å². The number of thiophene rings is 1. The van der Waals surface area contributed by atoms with Crippen molar-refractivity contribution in [3.8, 4) is 11.1 Å². The van der Waals surface area contributed by atoms with Crippen molar-refractivity contribution >= 4 is 55.8 Å². The summed E-state index contributed by atoms with van der Waals surface area (Å²) in [6, 6.07) is 12.5. The molecule has 0 radical (unpaired) electrons. The van der Waals surface area contributed by atoms with E-state index < -0.39 is 34.5 Å². The van der Waals surface area contributed by atoms with Crippen LogP contribution in [-0.2, 0) is 24.3 Å². The zero-order chi connectivity index (χ0) is 27.3. The van der Waals surface area contributed by atoms with Crippen molar-refractivity contribution in [1.29, 1.82) is 0 Å². The highest BCUT2D eigenvalue weighted by atomic mass is 35.5. The van der Waals surface area contributed by atoms with Crippen molar-refractivity contribution in [2.75, 3.05) is 31.6 Å². The van der Waals surface area contributed by atoms with Gasteiger partial charge in [0.25, 0.3) is 5.91 Å². The Hall–Kier alpha value is -3.25. The summed E-state index contributed by atoms with van der Waals surface area (Å²) in [4.78, 5) is 37.9. The first-order valence-corrected chi connectivity index (χ1v) is 14.5. The van der Waals surface area contributed by atoms with Crippen LogP contribution in [0.1, 0.15) is 40.5 Å². The first-order chi connectivity index (χ1) is 18.2. The molecule has 3 aromatic rings. The lowest BCUT2D eigenvalue weighted by Gasteiger charge is -2.15. The van der Waals surface area contributed by atoms with Crippen LogP contribution in [-0.4, -0.2) is 56.9 Å². The summed E-state index contributed by atoms with van der Waals surface area (Å²) in [6.45, 7) is 2.03. The molecule has 0 unspecified atom stereocenters. The van der Waals surface area contributed by atoms with Crippen LogP contribution in [0.25, 0.3) is 11.1 Å². The van der Waals surface area contributed by atoms with Crippen molar-refractivity contribution in [2.45, 2.75) is 24.7 Å². The van der Waals surface area contributed by atoms with Gasteiger partial charge < -0.3 is 14.8 Å². The Kier molecular flexibility index (Phi) is 8.83. The quantitative estimate of drug-likeness (QED) is 0.362. The molecular weight excluding hydrogens is 552 g/mol. The van der Waals surface area contributed by atoms with Gasteiger partial charge in [0.15, 0.2) is 6.61 Å². The number of sulfonamides is 1. The molecule has 4 rings (SSSR count). The van der Waals surface area contributed by atoms with Gasteiger partial charge in [0.05, 0.1) is 17.1 Å². The van der Waals surface area contributed by atoms with E-state index in [2.05, 4.69) is 5.32 Å². The van der Waals surface area contributed by atoms with Gasteiger partial charge in [0.1, 0.15) is 10.6 Å². The van der Waals surface area contributed by atoms with Crippen LogP contribution < -0.4 is 5.32 Å². The number of hydrogen-bond acceptors (Lipinski definition) is 8. The number of benzene rings is 2. The summed E-state index contributed by atoms with van der Waals surface area (Å²) in [5, 5.41) is 4.92. The Morgan fingerprint density at radius 3 is 2.45 bits per heavy atom. The second kappa shape index (κ2) is 12.1. The van der Waals surface area contributed by atoms with Crippen LogP contribution in [0.4, 0.5) is 5.00 Å². The molecular formula is C26H25ClN2O7S2. The van der Waals surface area contributed by atoms with Gasteiger partial charge in [-0.2, -0.15) is 4.31 Å². The molecule has 2 aromatic carbocycles. The molecule has 0 spiro atoms. The molecule has 0 bridgehead atoms. The normalized spacial score (nSPS) is 13.7. The molecule has 2 heterocycles. The van der Waals surface area contributed by atoms with Crippen LogP contribution in [0, 0.1) is 0 Å². The molecule has 0 saturated carbocycles. The molecule has 0 atom stereocenters. The van der Waals surface area contributed by atoms with Gasteiger partial charge in [0, 0.05) is 34.6 Å². The highest BCUT2D eigenvalue weighted by molar-refractivity contribution is 7.89. The molecule has 1 fully saturated rings. The minimum absolute atomic E-state index is 0.00224. The van der Waals surface area contributed by atoms with Gasteiger partial charge in [-0.25, -0.2) is 18.0 Å². The van der Waals surface area contributed by atoms with Crippen LogP contribution >= 0.6 is 22.9 Å². The number of nitrogens with one attached hydrogen (secondary N) is 1. The number of nitrogens with zero attached hydrogens (tertiary/aromatic N) is 1. The van der Waals surface area contributed by atoms with Crippen molar-refractivity contribution in [3.05, 3.63) is 70.1 Å². The number of carbonyl (C=O) groups is 3. The zero-order valence-electron chi connectivity index (χ0n) is 20.4. The number of halogens is 1. The highest BCUT2D eigenvalue weighted by Crippen LogP contribution is 2.39. The molecule has 1 saturated heterocycles. The van der Waals surface area contributed by atoms with Crippen LogP contribution in [0.5, 0.6) is 0 Å². The van der Waals surface area contributed by atoms with E-state index in [1.807, 2.05) is 0 Å². The molecule has 38 heavy (non-hydrogen) atoms. The van der Waals surface area contributed by atoms with Gasteiger partial charge in [-0.05, 0) is 44.0 Å². The Bertz CT molecular complexity index is 1460. The predicted octanol–water partition coefficient (Wildman–Crippen LogP) is 4.83. The highest BCUT2D eigenvalue weighted by Gasteiger charge is 2.28. The lowest BCUT2D eigenvalue weighted by molar-refractivity contribution is -0.119. The molecule has 200 valence electrons. The summed E-state index contributed by atoms with van der Waals surface area (Å²) < 4.78 is 37.3. The number of rotatable bonds is 9. The fourth-order valence-electron chi connectivity index (χ4n) is 3.97. The number of hydrogen-bond donors (Lipinski definition) is 1. The molecule has 9 nitrogen and oxygen atoms in total. The fourth-order valence-corrected chi connectivity index (χ4v) is 6.74. The third-order valence-corrected chi connectivity index (χ3v) is 8.91. The van der Waals surface area contributed by atoms with Gasteiger partial charge in [-0.15, -0.1) is 11.3 Å². The molecule has 12 heteroatoms. The maximum absolute atomic E-state index is 12.8. The average molecular weight is 577 g/mol. The number of carbonyl (C=O) groups excluding carboxylic acids is 3. The van der Waals surface area contributed by atoms with E-state index in [0.717, 1.165) is 24.2 Å². The van der Waals surface area contributed by atoms with Gasteiger partial charge in [-0.1, -0.05) is 35.9 Å². The maximum Gasteiger partial charge on any atom is 0.341 e. The average Bonchev–Trinajstić information content (AvgIpc) is 3.59. The standard InChI is InChI=1S/C26H25ClN2O7S2/c1-2-35-26(32)23-20(19-10-3-4-11-21(19)27)16-37-24(23)28-22(30)15-36-25(31)17-8-7-9-18(14-17)38(33,34)29-12-5-6-13-29/h3-4,7-11,14,16H,2,5-6,12-13,15H2,1H3,(H,28,30). The number of amides is 1. The van der Waals surface area contributed by atoms with E-state index in [0.29, 0.717) is 29.2 Å². The molecule has 0 aliphatic carbocycles. The molecule has 1 N–H and O–H groups in total. The molecule has 1 aromatic heterocycles. The molecule has 1 aliphatic heterocycles. The lowest BCUT2D eigenvalue weighted by atomic mass is 10.0. The summed E-state index contributed by atoms with van der Waals surface area (Å²) in [5.41, 5.74) is 1.25. The van der Waals surface area contributed by atoms with E-state index in [1.165, 1.54) is 28.6 Å². The minimum Gasteiger partial charge on any atom is -0.462 e. The third kappa shape index (κ3) is 6.07. The van der Waals surface area contributed by atoms with Gasteiger partial charge in [0.2, 0.25) is 10.0 Å². The second-order valence-electron chi connectivity index (χ2n) is 8.32. The SMILES string of the molecule is CCOC(=O)c1c(-c2ccccc2Cl)csc1NC(=O)COC(=O)c1cccc(S(=O)(=O)N2CCCC2)c1. The number of anilines is 1. The predicted molar refractivity (Wildman–Crippen MR) is 144 cm³/mol. The topological polar surface area (TPSA) is 119 Å². The third-order valence-electron chi connectivity index (χ3n) is 5.79. The summed E-state index contributed by atoms with van der Waals surface area (Å²) in [5.74, 6) is -2.17. The van der Waals surface area contributed by atoms with E-state index >= 15 is 0 Å². The first-order valence-electron chi connectivity index (χ1n) is 11.8. The summed E-state index contributed by atoms with van der Waals surface area (Å²) in [6.07, 6.45) is 1.58. The van der Waals surface area contributed by atoms with Crippen molar-refractivity contribution in [2.24, 2.45) is 0 Å². The smallest absolute Gasteiger partial charge is 0.341 e. The van der Waals surface area contributed by atoms with Gasteiger partial charge in [-0.3, -0.25) is 4.79 Å². The summed E-state index contributed by atoms with van der Waals surface area (Å²) >= 11 is 7.42. The van der Waals surface area contributed by atoms with Crippen molar-refractivity contribution < 1.29 is 32.3 Å². The van der Waals surface area contributed by atoms with E-state index in [9.17, 15) is 22.8 Å². The van der Waals surface area contributed by atoms with Crippen LogP contribution in [0.3, 0.4) is 0 Å². The van der Waals surface area contributed by atoms with Crippen molar-refractivity contribution in [1.82, 2.24) is 4.31 Å². The Morgan fingerprint density at radius 2 is 1.74 bits per heavy atom. The Labute approximate surface area is 229 Å². The van der Waals surface area contributed by atoms with Gasteiger partial charge >= 0.3 is 11.9 Å². The number of ether oxygens (including phenoxy) is 2. The Balaban J connectivity index is 1.46. The molecule has 1 amide bonds. The number of esters is 2.